The number of carbonyl (C=O) groups is 1. The van der Waals surface area contributed by atoms with Crippen molar-refractivity contribution in [3.05, 3.63) is 57.0 Å². The molecular formula is C16H18N2O3. The van der Waals surface area contributed by atoms with E-state index in [1.165, 1.54) is 6.07 Å². The van der Waals surface area contributed by atoms with Gasteiger partial charge in [-0.2, -0.15) is 5.10 Å². The molecule has 0 aliphatic carbocycles. The number of aryl methyl sites for hydroxylation is 4. The minimum Gasteiger partial charge on any atom is -0.481 e. The van der Waals surface area contributed by atoms with Gasteiger partial charge >= 0.3 is 5.97 Å². The Labute approximate surface area is 122 Å². The van der Waals surface area contributed by atoms with Gasteiger partial charge in [0.15, 0.2) is 0 Å². The summed E-state index contributed by atoms with van der Waals surface area (Å²) in [6.45, 7) is 5.79. The van der Waals surface area contributed by atoms with Gasteiger partial charge in [0, 0.05) is 18.2 Å². The van der Waals surface area contributed by atoms with Crippen LogP contribution in [0.15, 0.2) is 29.1 Å². The normalized spacial score (nSPS) is 10.6. The van der Waals surface area contributed by atoms with Gasteiger partial charge in [0.1, 0.15) is 5.69 Å². The molecule has 0 aliphatic heterocycles. The van der Waals surface area contributed by atoms with Crippen LogP contribution in [-0.2, 0) is 11.2 Å². The zero-order chi connectivity index (χ0) is 15.6. The van der Waals surface area contributed by atoms with Crippen LogP contribution in [-0.4, -0.2) is 20.9 Å². The summed E-state index contributed by atoms with van der Waals surface area (Å²) in [4.78, 5) is 22.6. The molecule has 2 aromatic rings. The lowest BCUT2D eigenvalue weighted by Crippen LogP contribution is -2.20. The molecule has 0 bridgehead atoms. The number of hydrogen-bond donors (Lipinski definition) is 1. The van der Waals surface area contributed by atoms with E-state index in [1.54, 1.807) is 4.68 Å². The molecule has 0 radical (unpaired) electrons. The number of carboxylic acid groups (broad SMARTS) is 1. The summed E-state index contributed by atoms with van der Waals surface area (Å²) in [7, 11) is 0. The predicted molar refractivity (Wildman–Crippen MR) is 80.0 cm³/mol. The Kier molecular flexibility index (Phi) is 4.21. The van der Waals surface area contributed by atoms with Gasteiger partial charge in [0.05, 0.1) is 12.1 Å². The third kappa shape index (κ3) is 3.37. The molecule has 0 amide bonds. The van der Waals surface area contributed by atoms with Gasteiger partial charge < -0.3 is 5.11 Å². The Hall–Kier alpha value is -2.43. The van der Waals surface area contributed by atoms with E-state index in [1.807, 2.05) is 39.0 Å². The van der Waals surface area contributed by atoms with Crippen molar-refractivity contribution in [2.75, 3.05) is 0 Å². The molecule has 21 heavy (non-hydrogen) atoms. The molecule has 0 spiro atoms. The predicted octanol–water partition coefficient (Wildman–Crippen LogP) is 2.17. The molecular weight excluding hydrogens is 268 g/mol. The lowest BCUT2D eigenvalue weighted by atomic mass is 10.1. The number of rotatable bonds is 4. The van der Waals surface area contributed by atoms with Crippen LogP contribution in [0.3, 0.4) is 0 Å². The highest BCUT2D eigenvalue weighted by Gasteiger charge is 2.11. The second kappa shape index (κ2) is 5.91. The Morgan fingerprint density at radius 1 is 1.24 bits per heavy atom. The second-order valence-electron chi connectivity index (χ2n) is 5.19. The third-order valence-corrected chi connectivity index (χ3v) is 3.35. The van der Waals surface area contributed by atoms with E-state index in [4.69, 9.17) is 5.11 Å². The summed E-state index contributed by atoms with van der Waals surface area (Å²) in [5.41, 5.74) is 3.85. The topological polar surface area (TPSA) is 72.2 Å². The van der Waals surface area contributed by atoms with Crippen molar-refractivity contribution in [1.29, 1.82) is 0 Å². The summed E-state index contributed by atoms with van der Waals surface area (Å²) >= 11 is 0. The highest BCUT2D eigenvalue weighted by atomic mass is 16.4. The van der Waals surface area contributed by atoms with Crippen LogP contribution in [0.2, 0.25) is 0 Å². The van der Waals surface area contributed by atoms with Crippen LogP contribution in [0.25, 0.3) is 5.69 Å². The van der Waals surface area contributed by atoms with E-state index >= 15 is 0 Å². The number of aliphatic carboxylic acids is 1. The first-order valence-corrected chi connectivity index (χ1v) is 6.78. The molecule has 2 rings (SSSR count). The van der Waals surface area contributed by atoms with Gasteiger partial charge in [-0.1, -0.05) is 12.1 Å². The SMILES string of the molecule is Cc1ccc(C)c(-n2nc(CCC(=O)O)c(=O)cc2C)c1. The van der Waals surface area contributed by atoms with E-state index in [2.05, 4.69) is 5.10 Å². The molecule has 1 N–H and O–H groups in total. The molecule has 5 heteroatoms. The summed E-state index contributed by atoms with van der Waals surface area (Å²) in [5.74, 6) is -0.935. The van der Waals surface area contributed by atoms with Crippen molar-refractivity contribution in [3.8, 4) is 5.69 Å². The number of aromatic nitrogens is 2. The molecule has 1 aromatic carbocycles. The maximum Gasteiger partial charge on any atom is 0.303 e. The summed E-state index contributed by atoms with van der Waals surface area (Å²) in [5, 5.41) is 13.1. The number of carboxylic acids is 1. The molecule has 0 saturated carbocycles. The highest BCUT2D eigenvalue weighted by molar-refractivity contribution is 5.66. The molecule has 0 atom stereocenters. The molecule has 0 saturated heterocycles. The first-order chi connectivity index (χ1) is 9.88. The monoisotopic (exact) mass is 286 g/mol. The lowest BCUT2D eigenvalue weighted by molar-refractivity contribution is -0.136. The van der Waals surface area contributed by atoms with E-state index in [0.717, 1.165) is 22.5 Å². The molecule has 0 fully saturated rings. The quantitative estimate of drug-likeness (QED) is 0.935. The van der Waals surface area contributed by atoms with Crippen LogP contribution in [0, 0.1) is 20.8 Å². The third-order valence-electron chi connectivity index (χ3n) is 3.35. The van der Waals surface area contributed by atoms with Crippen molar-refractivity contribution in [2.24, 2.45) is 0 Å². The van der Waals surface area contributed by atoms with Gasteiger partial charge in [-0.3, -0.25) is 9.59 Å². The zero-order valence-corrected chi connectivity index (χ0v) is 12.4. The van der Waals surface area contributed by atoms with Gasteiger partial charge in [-0.15, -0.1) is 0 Å². The fraction of sp³-hybridized carbons (Fsp3) is 0.312. The number of nitrogens with zero attached hydrogens (tertiary/aromatic N) is 2. The van der Waals surface area contributed by atoms with Crippen LogP contribution < -0.4 is 5.43 Å². The van der Waals surface area contributed by atoms with E-state index in [-0.39, 0.29) is 24.0 Å². The smallest absolute Gasteiger partial charge is 0.303 e. The van der Waals surface area contributed by atoms with Crippen molar-refractivity contribution in [2.45, 2.75) is 33.6 Å². The minimum absolute atomic E-state index is 0.0991. The Morgan fingerprint density at radius 2 is 1.95 bits per heavy atom. The first kappa shape index (κ1) is 15.0. The average molecular weight is 286 g/mol. The van der Waals surface area contributed by atoms with Crippen LogP contribution in [0.1, 0.15) is 28.9 Å². The fourth-order valence-electron chi connectivity index (χ4n) is 2.17. The molecule has 5 nitrogen and oxygen atoms in total. The standard InChI is InChI=1S/C16H18N2O3/c1-10-4-5-11(2)14(8-10)18-12(3)9-15(19)13(17-18)6-7-16(20)21/h4-5,8-9H,6-7H2,1-3H3,(H,20,21). The Bertz CT molecular complexity index is 748. The molecule has 110 valence electrons. The van der Waals surface area contributed by atoms with Gasteiger partial charge in [-0.05, 0) is 38.0 Å². The molecule has 1 heterocycles. The molecule has 0 aliphatic rings. The van der Waals surface area contributed by atoms with Crippen LogP contribution >= 0.6 is 0 Å². The highest BCUT2D eigenvalue weighted by Crippen LogP contribution is 2.16. The van der Waals surface area contributed by atoms with Crippen molar-refractivity contribution >= 4 is 5.97 Å². The second-order valence-corrected chi connectivity index (χ2v) is 5.19. The largest absolute Gasteiger partial charge is 0.481 e. The number of benzene rings is 1. The maximum absolute atomic E-state index is 11.9. The fourth-order valence-corrected chi connectivity index (χ4v) is 2.17. The van der Waals surface area contributed by atoms with Gasteiger partial charge in [0.2, 0.25) is 5.43 Å². The van der Waals surface area contributed by atoms with Crippen molar-refractivity contribution in [3.63, 3.8) is 0 Å². The number of hydrogen-bond acceptors (Lipinski definition) is 3. The Morgan fingerprint density at radius 3 is 2.62 bits per heavy atom. The lowest BCUT2D eigenvalue weighted by Gasteiger charge is -2.14. The van der Waals surface area contributed by atoms with E-state index in [9.17, 15) is 9.59 Å². The zero-order valence-electron chi connectivity index (χ0n) is 12.4. The van der Waals surface area contributed by atoms with Crippen molar-refractivity contribution in [1.82, 2.24) is 9.78 Å². The average Bonchev–Trinajstić information content (AvgIpc) is 2.41. The Balaban J connectivity index is 2.53. The van der Waals surface area contributed by atoms with E-state index in [0.29, 0.717) is 0 Å². The minimum atomic E-state index is -0.935. The van der Waals surface area contributed by atoms with Gasteiger partial charge in [0.25, 0.3) is 0 Å². The molecule has 0 unspecified atom stereocenters. The van der Waals surface area contributed by atoms with E-state index < -0.39 is 5.97 Å². The summed E-state index contributed by atoms with van der Waals surface area (Å²) < 4.78 is 1.71. The summed E-state index contributed by atoms with van der Waals surface area (Å²) in [6, 6.07) is 7.52. The maximum atomic E-state index is 11.9. The van der Waals surface area contributed by atoms with Crippen LogP contribution in [0.4, 0.5) is 0 Å². The van der Waals surface area contributed by atoms with Gasteiger partial charge in [-0.25, -0.2) is 4.68 Å². The van der Waals surface area contributed by atoms with Crippen molar-refractivity contribution < 1.29 is 9.90 Å². The first-order valence-electron chi connectivity index (χ1n) is 6.78. The molecule has 1 aromatic heterocycles. The summed E-state index contributed by atoms with van der Waals surface area (Å²) in [6.07, 6.45) is 0.0391. The van der Waals surface area contributed by atoms with Crippen LogP contribution in [0.5, 0.6) is 0 Å².